The number of carbonyl (C=O) groups excluding carboxylic acids is 2. The molecular weight excluding hydrogens is 232 g/mol. The summed E-state index contributed by atoms with van der Waals surface area (Å²) in [5, 5.41) is 2.94. The number of amides is 1. The normalized spacial score (nSPS) is 25.3. The summed E-state index contributed by atoms with van der Waals surface area (Å²) in [6, 6.07) is -0.270. The van der Waals surface area contributed by atoms with Crippen molar-refractivity contribution in [2.75, 3.05) is 6.61 Å². The van der Waals surface area contributed by atoms with Gasteiger partial charge in [-0.25, -0.2) is 0 Å². The summed E-state index contributed by atoms with van der Waals surface area (Å²) in [5.41, 5.74) is 5.66. The van der Waals surface area contributed by atoms with Crippen LogP contribution in [0, 0.1) is 5.92 Å². The molecule has 0 aromatic rings. The number of ether oxygens (including phenoxy) is 1. The van der Waals surface area contributed by atoms with Crippen LogP contribution < -0.4 is 11.1 Å². The molecule has 18 heavy (non-hydrogen) atoms. The highest BCUT2D eigenvalue weighted by Gasteiger charge is 2.28. The van der Waals surface area contributed by atoms with Gasteiger partial charge in [0.25, 0.3) is 0 Å². The van der Waals surface area contributed by atoms with Crippen molar-refractivity contribution in [3.8, 4) is 0 Å². The first kappa shape index (κ1) is 15.0. The quantitative estimate of drug-likeness (QED) is 0.718. The Morgan fingerprint density at radius 3 is 2.39 bits per heavy atom. The lowest BCUT2D eigenvalue weighted by molar-refractivity contribution is -0.149. The molecule has 0 bridgehead atoms. The first-order chi connectivity index (χ1) is 8.58. The summed E-state index contributed by atoms with van der Waals surface area (Å²) in [6.07, 6.45) is 3.86. The van der Waals surface area contributed by atoms with Crippen molar-refractivity contribution in [1.82, 2.24) is 5.32 Å². The third-order valence-electron chi connectivity index (χ3n) is 3.47. The van der Waals surface area contributed by atoms with Gasteiger partial charge in [0.1, 0.15) is 0 Å². The molecule has 3 N–H and O–H groups in total. The van der Waals surface area contributed by atoms with E-state index < -0.39 is 6.04 Å². The standard InChI is InChI=1S/C13H24N2O3/c1-3-11(14)12(16)15-10-7-5-9(6-8-10)13(17)18-4-2/h9-11H,3-8,14H2,1-2H3,(H,15,16). The third-order valence-corrected chi connectivity index (χ3v) is 3.47. The molecule has 1 atom stereocenters. The van der Waals surface area contributed by atoms with Gasteiger partial charge in [-0.3, -0.25) is 9.59 Å². The summed E-state index contributed by atoms with van der Waals surface area (Å²) in [4.78, 5) is 23.2. The van der Waals surface area contributed by atoms with Crippen molar-refractivity contribution in [3.63, 3.8) is 0 Å². The maximum absolute atomic E-state index is 11.6. The van der Waals surface area contributed by atoms with Crippen molar-refractivity contribution in [2.45, 2.75) is 58.0 Å². The summed E-state index contributed by atoms with van der Waals surface area (Å²) in [5.74, 6) is -0.192. The molecule has 0 radical (unpaired) electrons. The smallest absolute Gasteiger partial charge is 0.308 e. The molecule has 0 aliphatic heterocycles. The highest BCUT2D eigenvalue weighted by molar-refractivity contribution is 5.81. The second-order valence-electron chi connectivity index (χ2n) is 4.82. The lowest BCUT2D eigenvalue weighted by atomic mass is 9.86. The van der Waals surface area contributed by atoms with Crippen molar-refractivity contribution in [2.24, 2.45) is 11.7 Å². The van der Waals surface area contributed by atoms with Crippen LogP contribution in [0.5, 0.6) is 0 Å². The molecule has 0 spiro atoms. The fraction of sp³-hybridized carbons (Fsp3) is 0.846. The van der Waals surface area contributed by atoms with Crippen LogP contribution in [0.1, 0.15) is 46.0 Å². The van der Waals surface area contributed by atoms with Gasteiger partial charge in [0, 0.05) is 6.04 Å². The first-order valence-electron chi connectivity index (χ1n) is 6.81. The zero-order chi connectivity index (χ0) is 13.5. The second-order valence-corrected chi connectivity index (χ2v) is 4.82. The molecule has 5 heteroatoms. The number of nitrogens with one attached hydrogen (secondary N) is 1. The number of esters is 1. The van der Waals surface area contributed by atoms with E-state index in [0.717, 1.165) is 25.7 Å². The molecule has 1 aliphatic rings. The van der Waals surface area contributed by atoms with Crippen molar-refractivity contribution < 1.29 is 14.3 Å². The van der Waals surface area contributed by atoms with Gasteiger partial charge in [0.05, 0.1) is 18.6 Å². The molecule has 104 valence electrons. The number of hydrogen-bond donors (Lipinski definition) is 2. The van der Waals surface area contributed by atoms with Crippen LogP contribution >= 0.6 is 0 Å². The van der Waals surface area contributed by atoms with Crippen LogP contribution in [0.2, 0.25) is 0 Å². The molecule has 0 heterocycles. The minimum atomic E-state index is -0.423. The summed E-state index contributed by atoms with van der Waals surface area (Å²) >= 11 is 0. The van der Waals surface area contributed by atoms with Crippen LogP contribution in [0.3, 0.4) is 0 Å². The molecule has 1 saturated carbocycles. The molecule has 0 aromatic carbocycles. The van der Waals surface area contributed by atoms with E-state index in [4.69, 9.17) is 10.5 Å². The maximum atomic E-state index is 11.6. The summed E-state index contributed by atoms with van der Waals surface area (Å²) in [7, 11) is 0. The lowest BCUT2D eigenvalue weighted by Gasteiger charge is -2.28. The predicted molar refractivity (Wildman–Crippen MR) is 68.8 cm³/mol. The monoisotopic (exact) mass is 256 g/mol. The van der Waals surface area contributed by atoms with E-state index in [1.54, 1.807) is 0 Å². The Kier molecular flexibility index (Phi) is 6.12. The van der Waals surface area contributed by atoms with E-state index in [1.165, 1.54) is 0 Å². The van der Waals surface area contributed by atoms with Crippen LogP contribution in [-0.4, -0.2) is 30.6 Å². The van der Waals surface area contributed by atoms with Crippen molar-refractivity contribution in [1.29, 1.82) is 0 Å². The average molecular weight is 256 g/mol. The highest BCUT2D eigenvalue weighted by atomic mass is 16.5. The highest BCUT2D eigenvalue weighted by Crippen LogP contribution is 2.25. The average Bonchev–Trinajstić information content (AvgIpc) is 2.38. The number of nitrogens with two attached hydrogens (primary N) is 1. The topological polar surface area (TPSA) is 81.4 Å². The van der Waals surface area contributed by atoms with E-state index in [2.05, 4.69) is 5.32 Å². The van der Waals surface area contributed by atoms with Crippen LogP contribution in [-0.2, 0) is 14.3 Å². The summed E-state index contributed by atoms with van der Waals surface area (Å²) < 4.78 is 5.01. The Hall–Kier alpha value is -1.10. The van der Waals surface area contributed by atoms with E-state index in [9.17, 15) is 9.59 Å². The fourth-order valence-electron chi connectivity index (χ4n) is 2.23. The third kappa shape index (κ3) is 4.29. The molecule has 0 aromatic heterocycles. The van der Waals surface area contributed by atoms with Crippen LogP contribution in [0.25, 0.3) is 0 Å². The number of hydrogen-bond acceptors (Lipinski definition) is 4. The van der Waals surface area contributed by atoms with Crippen LogP contribution in [0.15, 0.2) is 0 Å². The van der Waals surface area contributed by atoms with E-state index in [1.807, 2.05) is 13.8 Å². The van der Waals surface area contributed by atoms with E-state index >= 15 is 0 Å². The van der Waals surface area contributed by atoms with Gasteiger partial charge in [-0.05, 0) is 39.0 Å². The maximum Gasteiger partial charge on any atom is 0.308 e. The van der Waals surface area contributed by atoms with Gasteiger partial charge < -0.3 is 15.8 Å². The molecule has 1 fully saturated rings. The molecule has 1 rings (SSSR count). The molecule has 1 amide bonds. The SMILES string of the molecule is CCOC(=O)C1CCC(NC(=O)C(N)CC)CC1. The molecule has 1 unspecified atom stereocenters. The molecular formula is C13H24N2O3. The Morgan fingerprint density at radius 2 is 1.89 bits per heavy atom. The van der Waals surface area contributed by atoms with Gasteiger partial charge >= 0.3 is 5.97 Å². The minimum absolute atomic E-state index is 0.00190. The number of rotatable bonds is 5. The lowest BCUT2D eigenvalue weighted by Crippen LogP contribution is -2.46. The first-order valence-corrected chi connectivity index (χ1v) is 6.81. The predicted octanol–water partition coefficient (Wildman–Crippen LogP) is 0.962. The Labute approximate surface area is 108 Å². The molecule has 0 saturated heterocycles. The Balaban J connectivity index is 2.31. The van der Waals surface area contributed by atoms with Gasteiger partial charge in [0.2, 0.25) is 5.91 Å². The Morgan fingerprint density at radius 1 is 1.28 bits per heavy atom. The zero-order valence-electron chi connectivity index (χ0n) is 11.3. The van der Waals surface area contributed by atoms with Gasteiger partial charge in [-0.2, -0.15) is 0 Å². The van der Waals surface area contributed by atoms with Crippen molar-refractivity contribution in [3.05, 3.63) is 0 Å². The fourth-order valence-corrected chi connectivity index (χ4v) is 2.23. The zero-order valence-corrected chi connectivity index (χ0v) is 11.3. The van der Waals surface area contributed by atoms with Crippen molar-refractivity contribution >= 4 is 11.9 Å². The minimum Gasteiger partial charge on any atom is -0.466 e. The van der Waals surface area contributed by atoms with E-state index in [0.29, 0.717) is 13.0 Å². The number of carbonyl (C=O) groups is 2. The second kappa shape index (κ2) is 7.36. The summed E-state index contributed by atoms with van der Waals surface area (Å²) in [6.45, 7) is 4.14. The van der Waals surface area contributed by atoms with Crippen LogP contribution in [0.4, 0.5) is 0 Å². The molecule has 1 aliphatic carbocycles. The largest absolute Gasteiger partial charge is 0.466 e. The Bertz CT molecular complexity index is 286. The van der Waals surface area contributed by atoms with Gasteiger partial charge in [-0.15, -0.1) is 0 Å². The molecule has 5 nitrogen and oxygen atoms in total. The van der Waals surface area contributed by atoms with Gasteiger partial charge in [0.15, 0.2) is 0 Å². The van der Waals surface area contributed by atoms with E-state index in [-0.39, 0.29) is 23.8 Å². The van der Waals surface area contributed by atoms with Gasteiger partial charge in [-0.1, -0.05) is 6.92 Å².